The average molecular weight is 1160 g/mol. The number of alkyl halides is 24. The van der Waals surface area contributed by atoms with Crippen molar-refractivity contribution < 1.29 is 110 Å². The van der Waals surface area contributed by atoms with E-state index >= 15 is 0 Å². The molecule has 0 amide bonds. The summed E-state index contributed by atoms with van der Waals surface area (Å²) in [6.07, 6.45) is -54.8. The van der Waals surface area contributed by atoms with Gasteiger partial charge in [0.1, 0.15) is 6.15 Å². The van der Waals surface area contributed by atoms with Gasteiger partial charge >= 0.3 is 49.4 Å². The molecule has 26 heteroatoms. The van der Waals surface area contributed by atoms with Crippen LogP contribution in [0.3, 0.4) is 0 Å². The van der Waals surface area contributed by atoms with Crippen LogP contribution in [0.15, 0.2) is 170 Å². The largest absolute Gasteiger partial charge is 0.416 e. The van der Waals surface area contributed by atoms with Gasteiger partial charge in [-0.1, -0.05) is 109 Å². The number of para-hydroxylation sites is 1. The number of hydrogen-bond donors (Lipinski definition) is 0. The Kier molecular flexibility index (Phi) is 15.8. The minimum Gasteiger partial charge on any atom is -0.194 e. The Labute approximate surface area is 435 Å². The van der Waals surface area contributed by atoms with Crippen LogP contribution in [0, 0.1) is 0 Å². The molecule has 0 atom stereocenters. The zero-order valence-corrected chi connectivity index (χ0v) is 39.5. The molecule has 422 valence electrons. The number of hydrogen-bond acceptors (Lipinski definition) is 0. The maximum absolute atomic E-state index is 14.2. The van der Waals surface area contributed by atoms with Crippen molar-refractivity contribution in [3.63, 3.8) is 0 Å². The van der Waals surface area contributed by atoms with Gasteiger partial charge in [-0.3, -0.25) is 0 Å². The monoisotopic (exact) mass is 1160 g/mol. The molecule has 0 bridgehead atoms. The lowest BCUT2D eigenvalue weighted by Crippen LogP contribution is -2.75. The molecule has 1 heterocycles. The molecule has 0 fully saturated rings. The van der Waals surface area contributed by atoms with Gasteiger partial charge in [0, 0.05) is 28.6 Å². The van der Waals surface area contributed by atoms with E-state index in [4.69, 9.17) is 0 Å². The van der Waals surface area contributed by atoms with Gasteiger partial charge < -0.3 is 0 Å². The number of pyridine rings is 1. The van der Waals surface area contributed by atoms with Crippen molar-refractivity contribution in [2.45, 2.75) is 56.0 Å². The zero-order valence-electron chi connectivity index (χ0n) is 39.5. The highest BCUT2D eigenvalue weighted by Crippen LogP contribution is 2.41. The fourth-order valence-electron chi connectivity index (χ4n) is 9.13. The summed E-state index contributed by atoms with van der Waals surface area (Å²) < 4.78 is 343. The molecular weight excluding hydrogens is 1130 g/mol. The quantitative estimate of drug-likeness (QED) is 0.0851. The van der Waals surface area contributed by atoms with Crippen molar-refractivity contribution in [1.82, 2.24) is 0 Å². The van der Waals surface area contributed by atoms with Gasteiger partial charge in [0.25, 0.3) is 0 Å². The van der Waals surface area contributed by atoms with E-state index in [1.807, 2.05) is 0 Å². The summed E-state index contributed by atoms with van der Waals surface area (Å²) >= 11 is 0. The van der Waals surface area contributed by atoms with Gasteiger partial charge in [-0.25, -0.2) is 0 Å². The van der Waals surface area contributed by atoms with Crippen molar-refractivity contribution >= 4 is 38.9 Å². The second-order valence-corrected chi connectivity index (χ2v) is 17.9. The molecule has 1 aromatic heterocycles. The first-order chi connectivity index (χ1) is 36.7. The third-order valence-electron chi connectivity index (χ3n) is 12.6. The Morgan fingerprint density at radius 1 is 0.275 bits per heavy atom. The Balaban J connectivity index is 0.000000329. The molecule has 0 aliphatic heterocycles. The van der Waals surface area contributed by atoms with Gasteiger partial charge in [-0.15, -0.1) is 0 Å². The van der Waals surface area contributed by atoms with Crippen LogP contribution in [0.1, 0.15) is 50.1 Å². The summed E-state index contributed by atoms with van der Waals surface area (Å²) in [6, 6.07) is 25.4. The molecule has 80 heavy (non-hydrogen) atoms. The van der Waals surface area contributed by atoms with E-state index in [0.717, 1.165) is 6.54 Å². The highest BCUT2D eigenvalue weighted by atomic mass is 19.4. The van der Waals surface area contributed by atoms with Crippen LogP contribution in [-0.4, -0.2) is 6.15 Å². The second-order valence-electron chi connectivity index (χ2n) is 17.9. The normalized spacial score (nSPS) is 13.3. The smallest absolute Gasteiger partial charge is 0.194 e. The van der Waals surface area contributed by atoms with Crippen LogP contribution < -0.4 is 26.4 Å². The highest BCUT2D eigenvalue weighted by molar-refractivity contribution is 7.20. The highest BCUT2D eigenvalue weighted by Gasteiger charge is 2.47. The van der Waals surface area contributed by atoms with Gasteiger partial charge in [-0.05, 0) is 48.5 Å². The number of fused-ring (bicyclic) bond motifs is 1. The average Bonchev–Trinajstić information content (AvgIpc) is 3.35. The first kappa shape index (κ1) is 60.0. The fraction of sp³-hybridized carbons (Fsp3) is 0.167. The fourth-order valence-corrected chi connectivity index (χ4v) is 9.13. The van der Waals surface area contributed by atoms with E-state index in [0.29, 0.717) is 0 Å². The number of benzene rings is 7. The topological polar surface area (TPSA) is 3.88 Å². The van der Waals surface area contributed by atoms with E-state index in [9.17, 15) is 105 Å². The van der Waals surface area contributed by atoms with Gasteiger partial charge in [0.2, 0.25) is 11.2 Å². The lowest BCUT2D eigenvalue weighted by molar-refractivity contribution is -0.651. The van der Waals surface area contributed by atoms with Crippen molar-refractivity contribution in [2.75, 3.05) is 0 Å². The summed E-state index contributed by atoms with van der Waals surface area (Å²) in [5.41, 5.74) is -25.1. The minimum atomic E-state index is -6.13. The Hall–Kier alpha value is -7.67. The molecule has 0 N–H and O–H groups in total. The van der Waals surface area contributed by atoms with Crippen LogP contribution >= 0.6 is 0 Å². The summed E-state index contributed by atoms with van der Waals surface area (Å²) in [4.78, 5) is 0. The van der Waals surface area contributed by atoms with Crippen LogP contribution in [0.2, 0.25) is 0 Å². The molecule has 8 aromatic rings. The molecule has 0 radical (unpaired) electrons. The number of halogens is 24. The molecule has 0 aliphatic rings. The van der Waals surface area contributed by atoms with E-state index < -0.39 is 195 Å². The first-order valence-corrected chi connectivity index (χ1v) is 22.5. The summed E-state index contributed by atoms with van der Waals surface area (Å²) in [7, 11) is 0. The predicted molar refractivity (Wildman–Crippen MR) is 245 cm³/mol. The molecular formula is C54H30BF24N. The second kappa shape index (κ2) is 21.1. The molecule has 0 saturated carbocycles. The third-order valence-corrected chi connectivity index (χ3v) is 12.6. The number of nitrogens with zero attached hydrogens (tertiary/aromatic N) is 1. The molecule has 0 spiro atoms. The number of aromatic nitrogens is 1. The molecule has 8 rings (SSSR count). The Morgan fingerprint density at radius 3 is 0.825 bits per heavy atom. The van der Waals surface area contributed by atoms with Crippen LogP contribution in [0.5, 0.6) is 0 Å². The van der Waals surface area contributed by atoms with Crippen LogP contribution in [0.4, 0.5) is 105 Å². The van der Waals surface area contributed by atoms with Crippen molar-refractivity contribution in [2.24, 2.45) is 0 Å². The van der Waals surface area contributed by atoms with Crippen LogP contribution in [-0.2, 0) is 56.0 Å². The maximum Gasteiger partial charge on any atom is 0.416 e. The third kappa shape index (κ3) is 13.2. The van der Waals surface area contributed by atoms with Crippen molar-refractivity contribution in [1.29, 1.82) is 0 Å². The Morgan fingerprint density at radius 2 is 0.537 bits per heavy atom. The lowest BCUT2D eigenvalue weighted by atomic mass is 9.12. The number of rotatable bonds is 7. The first-order valence-electron chi connectivity index (χ1n) is 22.5. The van der Waals surface area contributed by atoms with Crippen LogP contribution in [0.25, 0.3) is 22.2 Å². The standard InChI is InChI=1S/C32H12BF24.C22H18N/c34-25(35,36)13-1-14(26(37,38)39)6-21(5-13)33(22-7-15(27(40,41)42)2-16(8-22)28(43,44)45,23-9-17(29(46,47)48)3-18(10-23)30(49,50)51)24-11-19(31(52,53)54)4-20(12-24)32(55,56)57;1-3-9-18(10-4-1)17-23-21-14-8-7-13-20(21)15-16-22(23)19-11-5-2-6-12-19/h1-12H;1-16H,17H2/q-1;+1. The summed E-state index contributed by atoms with van der Waals surface area (Å²) in [5, 5.41) is 1.27. The van der Waals surface area contributed by atoms with E-state index in [-0.39, 0.29) is 0 Å². The molecule has 1 nitrogen and oxygen atoms in total. The molecule has 0 saturated heterocycles. The van der Waals surface area contributed by atoms with Crippen molar-refractivity contribution in [3.8, 4) is 11.3 Å². The lowest BCUT2D eigenvalue weighted by Gasteiger charge is -2.46. The van der Waals surface area contributed by atoms with Gasteiger partial charge in [0.05, 0.1) is 44.5 Å². The SMILES string of the molecule is FC(F)(F)c1cc([B-](c2cc(C(F)(F)F)cc(C(F)(F)F)c2)(c2cc(C(F)(F)F)cc(C(F)(F)F)c2)c2cc(C(F)(F)F)cc(C(F)(F)F)c2)cc(C(F)(F)F)c1.c1ccc(C[n+]2c(-c3ccccc3)ccc3ccccc32)cc1. The molecule has 7 aromatic carbocycles. The van der Waals surface area contributed by atoms with E-state index in [1.165, 1.54) is 27.7 Å². The summed E-state index contributed by atoms with van der Waals surface area (Å²) in [6.45, 7) is 0.867. The van der Waals surface area contributed by atoms with E-state index in [2.05, 4.69) is 102 Å². The Bertz CT molecular complexity index is 3070. The molecule has 0 unspecified atom stereocenters. The van der Waals surface area contributed by atoms with Gasteiger partial charge in [-0.2, -0.15) is 132 Å². The molecule has 0 aliphatic carbocycles. The van der Waals surface area contributed by atoms with Crippen molar-refractivity contribution in [3.05, 3.63) is 220 Å². The maximum atomic E-state index is 14.2. The van der Waals surface area contributed by atoms with E-state index in [1.54, 1.807) is 0 Å². The zero-order chi connectivity index (χ0) is 59.4. The summed E-state index contributed by atoms with van der Waals surface area (Å²) in [5.74, 6) is 0. The predicted octanol–water partition coefficient (Wildman–Crippen LogP) is 16.1. The minimum absolute atomic E-state index is 0.691. The van der Waals surface area contributed by atoms with Gasteiger partial charge in [0.15, 0.2) is 6.54 Å².